The second-order valence-corrected chi connectivity index (χ2v) is 12.0. The third kappa shape index (κ3) is 5.74. The Kier molecular flexibility index (Phi) is 7.40. The van der Waals surface area contributed by atoms with Gasteiger partial charge in [0.15, 0.2) is 0 Å². The van der Waals surface area contributed by atoms with Crippen LogP contribution in [0.5, 0.6) is 0 Å². The van der Waals surface area contributed by atoms with Gasteiger partial charge in [-0.2, -0.15) is 0 Å². The number of halogens is 2. The highest BCUT2D eigenvalue weighted by Crippen LogP contribution is 2.45. The molecule has 3 heterocycles. The van der Waals surface area contributed by atoms with Crippen molar-refractivity contribution in [2.75, 3.05) is 0 Å². The molecule has 0 unspecified atom stereocenters. The fraction of sp³-hybridized carbons (Fsp3) is 0.690. The third-order valence-electron chi connectivity index (χ3n) is 8.96. The summed E-state index contributed by atoms with van der Waals surface area (Å²) in [5.41, 5.74) is 1.09. The van der Waals surface area contributed by atoms with E-state index in [-0.39, 0.29) is 49.1 Å². The van der Waals surface area contributed by atoms with Crippen molar-refractivity contribution in [2.45, 2.75) is 120 Å². The van der Waals surface area contributed by atoms with Crippen molar-refractivity contribution >= 4 is 5.91 Å². The maximum absolute atomic E-state index is 13.7. The van der Waals surface area contributed by atoms with Gasteiger partial charge in [0.1, 0.15) is 11.6 Å². The average molecular weight is 514 g/mol. The lowest BCUT2D eigenvalue weighted by atomic mass is 9.81. The number of carbonyl (C=O) groups is 1. The van der Waals surface area contributed by atoms with Crippen LogP contribution < -0.4 is 10.6 Å². The Morgan fingerprint density at radius 1 is 1.14 bits per heavy atom. The van der Waals surface area contributed by atoms with Gasteiger partial charge in [0, 0.05) is 42.3 Å². The Morgan fingerprint density at radius 3 is 2.57 bits per heavy atom. The molecule has 4 atom stereocenters. The van der Waals surface area contributed by atoms with Crippen LogP contribution in [0.25, 0.3) is 0 Å². The number of rotatable bonds is 8. The topological polar surface area (TPSA) is 71.8 Å². The first-order valence-electron chi connectivity index (χ1n) is 14.1. The first-order chi connectivity index (χ1) is 17.6. The van der Waals surface area contributed by atoms with Crippen molar-refractivity contribution in [3.8, 4) is 0 Å². The lowest BCUT2D eigenvalue weighted by molar-refractivity contribution is -0.130. The number of piperidine rings is 1. The van der Waals surface area contributed by atoms with Crippen LogP contribution in [0, 0.1) is 12.8 Å². The molecule has 0 radical (unpaired) electrons. The number of fused-ring (bicyclic) bond motifs is 2. The number of hydrogen-bond donors (Lipinski definition) is 2. The van der Waals surface area contributed by atoms with E-state index in [1.165, 1.54) is 0 Å². The van der Waals surface area contributed by atoms with Crippen LogP contribution in [-0.4, -0.2) is 38.2 Å². The Balaban J connectivity index is 1.30. The largest absolute Gasteiger partial charge is 0.349 e. The summed E-state index contributed by atoms with van der Waals surface area (Å²) in [7, 11) is 0. The molecular formula is C29H41F2N5O. The van der Waals surface area contributed by atoms with Crippen LogP contribution in [0.4, 0.5) is 8.78 Å². The van der Waals surface area contributed by atoms with Crippen LogP contribution in [0.2, 0.25) is 0 Å². The van der Waals surface area contributed by atoms with Gasteiger partial charge in [0.2, 0.25) is 11.8 Å². The van der Waals surface area contributed by atoms with E-state index in [0.717, 1.165) is 55.7 Å². The minimum atomic E-state index is -2.63. The van der Waals surface area contributed by atoms with Crippen LogP contribution in [0.3, 0.4) is 0 Å². The number of nitrogens with one attached hydrogen (secondary N) is 2. The van der Waals surface area contributed by atoms with Gasteiger partial charge < -0.3 is 15.2 Å². The number of alkyl halides is 2. The number of aryl methyl sites for hydroxylation is 1. The molecule has 2 N–H and O–H groups in total. The predicted octanol–water partition coefficient (Wildman–Crippen LogP) is 6.00. The molecule has 1 saturated carbocycles. The summed E-state index contributed by atoms with van der Waals surface area (Å²) in [5.74, 6) is -0.674. The van der Waals surface area contributed by atoms with Crippen molar-refractivity contribution in [3.05, 3.63) is 47.5 Å². The first-order valence-corrected chi connectivity index (χ1v) is 14.1. The van der Waals surface area contributed by atoms with E-state index in [0.29, 0.717) is 18.0 Å². The maximum Gasteiger partial charge on any atom is 0.248 e. The summed E-state index contributed by atoms with van der Waals surface area (Å²) in [6.45, 7) is 6.40. The van der Waals surface area contributed by atoms with Crippen LogP contribution in [0.1, 0.15) is 113 Å². The quantitative estimate of drug-likeness (QED) is 0.454. The molecule has 37 heavy (non-hydrogen) atoms. The van der Waals surface area contributed by atoms with Gasteiger partial charge in [0.05, 0.1) is 6.04 Å². The highest BCUT2D eigenvalue weighted by Gasteiger charge is 2.46. The highest BCUT2D eigenvalue weighted by atomic mass is 19.3. The average Bonchev–Trinajstić information content (AvgIpc) is 3.41. The Labute approximate surface area is 219 Å². The van der Waals surface area contributed by atoms with Crippen molar-refractivity contribution in [1.29, 1.82) is 0 Å². The molecule has 2 saturated heterocycles. The third-order valence-corrected chi connectivity index (χ3v) is 8.96. The van der Waals surface area contributed by atoms with E-state index in [1.54, 1.807) is 0 Å². The van der Waals surface area contributed by atoms with Gasteiger partial charge in [-0.05, 0) is 63.9 Å². The van der Waals surface area contributed by atoms with Crippen LogP contribution in [0.15, 0.2) is 30.3 Å². The number of nitrogens with zero attached hydrogens (tertiary/aromatic N) is 3. The molecule has 1 aliphatic carbocycles. The van der Waals surface area contributed by atoms with E-state index in [9.17, 15) is 13.6 Å². The maximum atomic E-state index is 13.7. The van der Waals surface area contributed by atoms with Gasteiger partial charge in [-0.3, -0.25) is 4.79 Å². The molecule has 3 fully saturated rings. The SMILES string of the molecule is Cc1nnc(C(C)C)n1[C@@H]1C[C@H]2CC[C@@](CC[C@H](NC(=O)C3CCC(F)(F)CC3)c3ccccc3)(C1)N2. The number of hydrogen-bond acceptors (Lipinski definition) is 4. The van der Waals surface area contributed by atoms with Gasteiger partial charge in [-0.15, -0.1) is 10.2 Å². The summed E-state index contributed by atoms with van der Waals surface area (Å²) >= 11 is 0. The van der Waals surface area contributed by atoms with E-state index >= 15 is 0 Å². The standard InChI is InChI=1S/C29H41F2N5O/c1-19(2)26-35-34-20(3)36(26)24-17-23-11-13-28(18-24,33-23)14-12-25(21-7-5-4-6-8-21)32-27(37)22-9-15-29(30,31)16-10-22/h4-8,19,22-25,33H,9-18H2,1-3H3,(H,32,37)/t23-,24-,25+,28-/m1/s1. The van der Waals surface area contributed by atoms with E-state index in [4.69, 9.17) is 0 Å². The van der Waals surface area contributed by atoms with Crippen molar-refractivity contribution in [3.63, 3.8) is 0 Å². The molecule has 8 heteroatoms. The molecule has 1 aromatic heterocycles. The Bertz CT molecular complexity index is 1080. The number of carbonyl (C=O) groups excluding carboxylic acids is 1. The monoisotopic (exact) mass is 513 g/mol. The van der Waals surface area contributed by atoms with Gasteiger partial charge >= 0.3 is 0 Å². The zero-order chi connectivity index (χ0) is 26.2. The summed E-state index contributed by atoms with van der Waals surface area (Å²) in [4.78, 5) is 13.2. The molecular weight excluding hydrogens is 472 g/mol. The van der Waals surface area contributed by atoms with Crippen molar-refractivity contribution < 1.29 is 13.6 Å². The molecule has 2 bridgehead atoms. The van der Waals surface area contributed by atoms with Gasteiger partial charge in [-0.1, -0.05) is 44.2 Å². The minimum Gasteiger partial charge on any atom is -0.349 e. The zero-order valence-electron chi connectivity index (χ0n) is 22.4. The molecule has 1 amide bonds. The minimum absolute atomic E-state index is 0.0171. The molecule has 2 aliphatic heterocycles. The Morgan fingerprint density at radius 2 is 1.86 bits per heavy atom. The summed E-state index contributed by atoms with van der Waals surface area (Å²) < 4.78 is 29.7. The smallest absolute Gasteiger partial charge is 0.248 e. The molecule has 5 rings (SSSR count). The van der Waals surface area contributed by atoms with Gasteiger partial charge in [0.25, 0.3) is 0 Å². The number of benzene rings is 1. The Hall–Kier alpha value is -2.35. The lowest BCUT2D eigenvalue weighted by Crippen LogP contribution is -2.50. The van der Waals surface area contributed by atoms with Crippen molar-refractivity contribution in [1.82, 2.24) is 25.4 Å². The second kappa shape index (κ2) is 10.4. The number of aromatic nitrogens is 3. The zero-order valence-corrected chi connectivity index (χ0v) is 22.4. The lowest BCUT2D eigenvalue weighted by Gasteiger charge is -2.41. The predicted molar refractivity (Wildman–Crippen MR) is 139 cm³/mol. The number of amides is 1. The van der Waals surface area contributed by atoms with E-state index < -0.39 is 5.92 Å². The molecule has 2 aromatic rings. The van der Waals surface area contributed by atoms with E-state index in [1.807, 2.05) is 18.2 Å². The van der Waals surface area contributed by atoms with Gasteiger partial charge in [-0.25, -0.2) is 8.78 Å². The molecule has 202 valence electrons. The summed E-state index contributed by atoms with van der Waals surface area (Å²) in [6.07, 6.45) is 6.27. The molecule has 1 aromatic carbocycles. The van der Waals surface area contributed by atoms with Crippen LogP contribution >= 0.6 is 0 Å². The fourth-order valence-electron chi connectivity index (χ4n) is 6.98. The highest BCUT2D eigenvalue weighted by molar-refractivity contribution is 5.79. The molecule has 3 aliphatic rings. The van der Waals surface area contributed by atoms with Crippen molar-refractivity contribution in [2.24, 2.45) is 5.92 Å². The van der Waals surface area contributed by atoms with Crippen LogP contribution in [-0.2, 0) is 4.79 Å². The first kappa shape index (κ1) is 26.3. The normalized spacial score (nSPS) is 28.4. The molecule has 6 nitrogen and oxygen atoms in total. The fourth-order valence-corrected chi connectivity index (χ4v) is 6.98. The van der Waals surface area contributed by atoms with E-state index in [2.05, 4.69) is 58.3 Å². The second-order valence-electron chi connectivity index (χ2n) is 12.0. The summed E-state index contributed by atoms with van der Waals surface area (Å²) in [5, 5.41) is 16.1. The molecule has 0 spiro atoms. The summed E-state index contributed by atoms with van der Waals surface area (Å²) in [6, 6.07) is 10.8.